The maximum absolute atomic E-state index is 5.97. The van der Waals surface area contributed by atoms with Gasteiger partial charge in [0, 0.05) is 18.4 Å². The van der Waals surface area contributed by atoms with Crippen LogP contribution in [-0.4, -0.2) is 16.2 Å². The number of nitrogens with zero attached hydrogens (tertiary/aromatic N) is 2. The van der Waals surface area contributed by atoms with Crippen molar-refractivity contribution in [2.45, 2.75) is 32.9 Å². The summed E-state index contributed by atoms with van der Waals surface area (Å²) in [5.74, 6) is 1.89. The summed E-state index contributed by atoms with van der Waals surface area (Å²) in [6, 6.07) is 8.14. The van der Waals surface area contributed by atoms with E-state index in [-0.39, 0.29) is 6.04 Å². The van der Waals surface area contributed by atoms with Gasteiger partial charge in [-0.15, -0.1) is 0 Å². The highest BCUT2D eigenvalue weighted by Crippen LogP contribution is 2.18. The molecule has 0 aliphatic carbocycles. The maximum atomic E-state index is 5.97. The molecule has 1 aromatic carbocycles. The second-order valence-electron chi connectivity index (χ2n) is 4.60. The zero-order valence-electron chi connectivity index (χ0n) is 11.5. The largest absolute Gasteiger partial charge is 0.492 e. The van der Waals surface area contributed by atoms with E-state index in [4.69, 9.17) is 10.5 Å². The minimum absolute atomic E-state index is 0.114. The number of aryl methyl sites for hydroxylation is 1. The van der Waals surface area contributed by atoms with Crippen molar-refractivity contribution >= 4 is 0 Å². The summed E-state index contributed by atoms with van der Waals surface area (Å²) >= 11 is 0. The fourth-order valence-corrected chi connectivity index (χ4v) is 1.95. The summed E-state index contributed by atoms with van der Waals surface area (Å²) in [6.45, 7) is 5.52. The van der Waals surface area contributed by atoms with Crippen molar-refractivity contribution in [1.29, 1.82) is 0 Å². The SMILES string of the molecule is CC[C@H](N)c1ccc(OCCn2ccnc2C)cc1. The van der Waals surface area contributed by atoms with Gasteiger partial charge >= 0.3 is 0 Å². The molecule has 0 aliphatic rings. The number of hydrogen-bond acceptors (Lipinski definition) is 3. The lowest BCUT2D eigenvalue weighted by Crippen LogP contribution is -2.10. The minimum atomic E-state index is 0.114. The van der Waals surface area contributed by atoms with Gasteiger partial charge in [-0.1, -0.05) is 19.1 Å². The Hall–Kier alpha value is -1.81. The zero-order chi connectivity index (χ0) is 13.7. The summed E-state index contributed by atoms with van der Waals surface area (Å²) in [4.78, 5) is 4.18. The fourth-order valence-electron chi connectivity index (χ4n) is 1.95. The van der Waals surface area contributed by atoms with Crippen LogP contribution in [0, 0.1) is 6.92 Å². The first kappa shape index (κ1) is 13.6. The Balaban J connectivity index is 1.85. The van der Waals surface area contributed by atoms with Crippen LogP contribution in [0.2, 0.25) is 0 Å². The van der Waals surface area contributed by atoms with E-state index in [1.807, 2.05) is 37.4 Å². The summed E-state index contributed by atoms with van der Waals surface area (Å²) in [5, 5.41) is 0. The number of imidazole rings is 1. The van der Waals surface area contributed by atoms with Crippen molar-refractivity contribution in [3.63, 3.8) is 0 Å². The summed E-state index contributed by atoms with van der Waals surface area (Å²) in [5.41, 5.74) is 7.13. The van der Waals surface area contributed by atoms with E-state index in [1.54, 1.807) is 6.20 Å². The van der Waals surface area contributed by atoms with E-state index in [9.17, 15) is 0 Å². The van der Waals surface area contributed by atoms with Crippen LogP contribution in [0.4, 0.5) is 0 Å². The first-order valence-electron chi connectivity index (χ1n) is 6.66. The lowest BCUT2D eigenvalue weighted by Gasteiger charge is -2.11. The number of ether oxygens (including phenoxy) is 1. The minimum Gasteiger partial charge on any atom is -0.492 e. The van der Waals surface area contributed by atoms with Gasteiger partial charge in [0.1, 0.15) is 18.2 Å². The van der Waals surface area contributed by atoms with Crippen LogP contribution in [0.3, 0.4) is 0 Å². The number of hydrogen-bond donors (Lipinski definition) is 1. The van der Waals surface area contributed by atoms with E-state index < -0.39 is 0 Å². The van der Waals surface area contributed by atoms with Gasteiger partial charge in [-0.3, -0.25) is 0 Å². The van der Waals surface area contributed by atoms with E-state index in [0.29, 0.717) is 6.61 Å². The second-order valence-corrected chi connectivity index (χ2v) is 4.60. The Labute approximate surface area is 114 Å². The molecule has 0 bridgehead atoms. The van der Waals surface area contributed by atoms with Gasteiger partial charge in [-0.05, 0) is 31.0 Å². The van der Waals surface area contributed by atoms with Gasteiger partial charge in [0.2, 0.25) is 0 Å². The standard InChI is InChI=1S/C15H21N3O/c1-3-15(16)13-4-6-14(7-5-13)19-11-10-18-9-8-17-12(18)2/h4-9,15H,3,10-11,16H2,1-2H3/t15-/m0/s1. The van der Waals surface area contributed by atoms with E-state index in [2.05, 4.69) is 16.5 Å². The van der Waals surface area contributed by atoms with E-state index >= 15 is 0 Å². The molecule has 1 atom stereocenters. The summed E-state index contributed by atoms with van der Waals surface area (Å²) < 4.78 is 7.78. The molecule has 0 radical (unpaired) electrons. The number of aromatic nitrogens is 2. The monoisotopic (exact) mass is 259 g/mol. The van der Waals surface area contributed by atoms with Crippen molar-refractivity contribution in [2.24, 2.45) is 5.73 Å². The van der Waals surface area contributed by atoms with Crippen LogP contribution >= 0.6 is 0 Å². The average molecular weight is 259 g/mol. The molecule has 0 spiro atoms. The molecular formula is C15H21N3O. The van der Waals surface area contributed by atoms with Crippen LogP contribution < -0.4 is 10.5 Å². The van der Waals surface area contributed by atoms with Gasteiger partial charge < -0.3 is 15.0 Å². The highest BCUT2D eigenvalue weighted by atomic mass is 16.5. The Morgan fingerprint density at radius 2 is 2.05 bits per heavy atom. The number of benzene rings is 1. The smallest absolute Gasteiger partial charge is 0.119 e. The maximum Gasteiger partial charge on any atom is 0.119 e. The highest BCUT2D eigenvalue weighted by Gasteiger charge is 2.03. The molecule has 0 fully saturated rings. The molecule has 2 aromatic rings. The molecule has 0 amide bonds. The van der Waals surface area contributed by atoms with Crippen molar-refractivity contribution in [3.05, 3.63) is 48.0 Å². The van der Waals surface area contributed by atoms with Gasteiger partial charge in [0.15, 0.2) is 0 Å². The molecule has 2 rings (SSSR count). The van der Waals surface area contributed by atoms with Gasteiger partial charge in [-0.2, -0.15) is 0 Å². The molecular weight excluding hydrogens is 238 g/mol. The first-order chi connectivity index (χ1) is 9.20. The highest BCUT2D eigenvalue weighted by molar-refractivity contribution is 5.28. The Morgan fingerprint density at radius 3 is 2.63 bits per heavy atom. The summed E-state index contributed by atoms with van der Waals surface area (Å²) in [6.07, 6.45) is 4.71. The molecule has 4 nitrogen and oxygen atoms in total. The molecule has 0 aliphatic heterocycles. The topological polar surface area (TPSA) is 53.1 Å². The van der Waals surface area contributed by atoms with E-state index in [1.165, 1.54) is 0 Å². The quantitative estimate of drug-likeness (QED) is 0.867. The lowest BCUT2D eigenvalue weighted by atomic mass is 10.1. The molecule has 19 heavy (non-hydrogen) atoms. The number of rotatable bonds is 6. The summed E-state index contributed by atoms with van der Waals surface area (Å²) in [7, 11) is 0. The lowest BCUT2D eigenvalue weighted by molar-refractivity contribution is 0.297. The van der Waals surface area contributed by atoms with Gasteiger partial charge in [0.05, 0.1) is 6.54 Å². The third kappa shape index (κ3) is 3.58. The molecule has 2 N–H and O–H groups in total. The Kier molecular flexibility index (Phi) is 4.58. The zero-order valence-corrected chi connectivity index (χ0v) is 11.5. The van der Waals surface area contributed by atoms with Gasteiger partial charge in [0.25, 0.3) is 0 Å². The average Bonchev–Trinajstić information content (AvgIpc) is 2.84. The molecule has 4 heteroatoms. The molecule has 1 aromatic heterocycles. The van der Waals surface area contributed by atoms with Crippen LogP contribution in [0.15, 0.2) is 36.7 Å². The molecule has 0 saturated carbocycles. The number of nitrogens with two attached hydrogens (primary N) is 1. The second kappa shape index (κ2) is 6.38. The first-order valence-corrected chi connectivity index (χ1v) is 6.66. The van der Waals surface area contributed by atoms with Crippen molar-refractivity contribution in [2.75, 3.05) is 6.61 Å². The molecule has 102 valence electrons. The van der Waals surface area contributed by atoms with Crippen LogP contribution in [0.1, 0.15) is 30.8 Å². The van der Waals surface area contributed by atoms with Crippen molar-refractivity contribution < 1.29 is 4.74 Å². The van der Waals surface area contributed by atoms with Crippen molar-refractivity contribution in [1.82, 2.24) is 9.55 Å². The predicted octanol–water partition coefficient (Wildman–Crippen LogP) is 2.68. The third-order valence-electron chi connectivity index (χ3n) is 3.27. The Morgan fingerprint density at radius 1 is 1.32 bits per heavy atom. The van der Waals surface area contributed by atoms with Crippen molar-refractivity contribution in [3.8, 4) is 5.75 Å². The Bertz CT molecular complexity index is 504. The van der Waals surface area contributed by atoms with E-state index in [0.717, 1.165) is 30.1 Å². The fraction of sp³-hybridized carbons (Fsp3) is 0.400. The van der Waals surface area contributed by atoms with Crippen LogP contribution in [0.25, 0.3) is 0 Å². The molecule has 0 unspecified atom stereocenters. The third-order valence-corrected chi connectivity index (χ3v) is 3.27. The molecule has 1 heterocycles. The molecule has 0 saturated heterocycles. The van der Waals surface area contributed by atoms with Gasteiger partial charge in [-0.25, -0.2) is 4.98 Å². The normalized spacial score (nSPS) is 12.4. The van der Waals surface area contributed by atoms with Crippen LogP contribution in [-0.2, 0) is 6.54 Å². The predicted molar refractivity (Wildman–Crippen MR) is 76.1 cm³/mol. The van der Waals surface area contributed by atoms with Crippen LogP contribution in [0.5, 0.6) is 5.75 Å².